The van der Waals surface area contributed by atoms with E-state index in [9.17, 15) is 4.79 Å². The summed E-state index contributed by atoms with van der Waals surface area (Å²) >= 11 is 6.55. The second-order valence-electron chi connectivity index (χ2n) is 6.76. The molecule has 0 unspecified atom stereocenters. The van der Waals surface area contributed by atoms with Crippen molar-refractivity contribution in [2.24, 2.45) is 0 Å². The third kappa shape index (κ3) is 2.87. The molecular formula is C23H15ClN4O. The van der Waals surface area contributed by atoms with E-state index in [1.807, 2.05) is 55.5 Å². The number of halogens is 1. The minimum absolute atomic E-state index is 0.182. The van der Waals surface area contributed by atoms with Gasteiger partial charge in [-0.15, -0.1) is 0 Å². The number of H-pyrrole nitrogens is 1. The van der Waals surface area contributed by atoms with Crippen molar-refractivity contribution in [2.75, 3.05) is 0 Å². The van der Waals surface area contributed by atoms with Crippen LogP contribution in [0.3, 0.4) is 0 Å². The van der Waals surface area contributed by atoms with E-state index >= 15 is 0 Å². The van der Waals surface area contributed by atoms with E-state index < -0.39 is 0 Å². The molecule has 2 aromatic carbocycles. The number of benzene rings is 2. The summed E-state index contributed by atoms with van der Waals surface area (Å²) in [4.78, 5) is 29.3. The highest BCUT2D eigenvalue weighted by Gasteiger charge is 2.19. The number of nitrogens with zero attached hydrogens (tertiary/aromatic N) is 3. The topological polar surface area (TPSA) is 71.5 Å². The lowest BCUT2D eigenvalue weighted by molar-refractivity contribution is 1.21. The van der Waals surface area contributed by atoms with Gasteiger partial charge in [0.15, 0.2) is 11.2 Å². The molecule has 0 atom stereocenters. The lowest BCUT2D eigenvalue weighted by Crippen LogP contribution is -2.07. The van der Waals surface area contributed by atoms with Gasteiger partial charge in [-0.3, -0.25) is 9.78 Å². The molecule has 3 aromatic heterocycles. The third-order valence-electron chi connectivity index (χ3n) is 5.00. The summed E-state index contributed by atoms with van der Waals surface area (Å²) in [5.74, 6) is 0. The molecule has 0 amide bonds. The first-order valence-electron chi connectivity index (χ1n) is 9.12. The fourth-order valence-corrected chi connectivity index (χ4v) is 3.82. The minimum atomic E-state index is -0.182. The highest BCUT2D eigenvalue weighted by molar-refractivity contribution is 6.35. The van der Waals surface area contributed by atoms with Gasteiger partial charge >= 0.3 is 0 Å². The van der Waals surface area contributed by atoms with E-state index in [0.29, 0.717) is 27.6 Å². The normalized spacial score (nSPS) is 11.2. The molecule has 0 saturated carbocycles. The first-order valence-corrected chi connectivity index (χ1v) is 9.50. The van der Waals surface area contributed by atoms with Crippen molar-refractivity contribution in [3.05, 3.63) is 87.8 Å². The fourth-order valence-electron chi connectivity index (χ4n) is 3.56. The maximum Gasteiger partial charge on any atom is 0.209 e. The molecule has 0 fully saturated rings. The molecular weight excluding hydrogens is 384 g/mol. The molecule has 1 N–H and O–H groups in total. The molecule has 0 aliphatic carbocycles. The van der Waals surface area contributed by atoms with Gasteiger partial charge in [0, 0.05) is 35.0 Å². The van der Waals surface area contributed by atoms with Gasteiger partial charge in [0.2, 0.25) is 5.43 Å². The van der Waals surface area contributed by atoms with Gasteiger partial charge in [-0.1, -0.05) is 48.0 Å². The fraction of sp³-hybridized carbons (Fsp3) is 0.0435. The first-order chi connectivity index (χ1) is 14.1. The Morgan fingerprint density at radius 1 is 0.931 bits per heavy atom. The second kappa shape index (κ2) is 6.79. The second-order valence-corrected chi connectivity index (χ2v) is 7.16. The molecule has 0 radical (unpaired) electrons. The van der Waals surface area contributed by atoms with Gasteiger partial charge in [-0.25, -0.2) is 9.97 Å². The van der Waals surface area contributed by atoms with Crippen LogP contribution in [0.4, 0.5) is 0 Å². The van der Waals surface area contributed by atoms with E-state index in [1.54, 1.807) is 12.4 Å². The predicted molar refractivity (Wildman–Crippen MR) is 116 cm³/mol. The zero-order valence-corrected chi connectivity index (χ0v) is 16.2. The summed E-state index contributed by atoms with van der Waals surface area (Å²) in [6.45, 7) is 2.01. The number of aromatic nitrogens is 4. The van der Waals surface area contributed by atoms with Crippen LogP contribution in [0.15, 0.2) is 71.8 Å². The summed E-state index contributed by atoms with van der Waals surface area (Å²) in [6.07, 6.45) is 3.30. The Hall–Kier alpha value is -3.57. The maximum absolute atomic E-state index is 12.4. The maximum atomic E-state index is 12.4. The molecule has 5 rings (SSSR count). The third-order valence-corrected chi connectivity index (χ3v) is 5.29. The van der Waals surface area contributed by atoms with Crippen LogP contribution in [-0.4, -0.2) is 19.9 Å². The predicted octanol–water partition coefficient (Wildman–Crippen LogP) is 5.16. The Morgan fingerprint density at radius 3 is 2.59 bits per heavy atom. The molecule has 0 aliphatic rings. The van der Waals surface area contributed by atoms with E-state index in [-0.39, 0.29) is 5.43 Å². The minimum Gasteiger partial charge on any atom is -0.345 e. The number of nitrogens with one attached hydrogen (secondary N) is 1. The standard InChI is InChI=1S/C23H15ClN4O/c1-13-15-8-5-10-25-20(15)17(24)12-16(13)21-19(14-6-3-2-4-7-14)28-23-22(27-21)18(29)9-11-26-23/h2-12H,1H3,(H,26,28,29). The Morgan fingerprint density at radius 2 is 1.76 bits per heavy atom. The highest BCUT2D eigenvalue weighted by Crippen LogP contribution is 2.37. The lowest BCUT2D eigenvalue weighted by atomic mass is 9.97. The summed E-state index contributed by atoms with van der Waals surface area (Å²) in [7, 11) is 0. The van der Waals surface area contributed by atoms with Crippen LogP contribution < -0.4 is 5.43 Å². The van der Waals surface area contributed by atoms with E-state index in [1.165, 1.54) is 6.07 Å². The molecule has 29 heavy (non-hydrogen) atoms. The van der Waals surface area contributed by atoms with Crippen molar-refractivity contribution in [3.8, 4) is 22.5 Å². The summed E-state index contributed by atoms with van der Waals surface area (Å²) in [5, 5.41) is 1.47. The average Bonchev–Trinajstić information content (AvgIpc) is 2.76. The Labute approximate surface area is 171 Å². The molecule has 5 aromatic rings. The van der Waals surface area contributed by atoms with Crippen molar-refractivity contribution >= 4 is 33.7 Å². The molecule has 140 valence electrons. The average molecular weight is 399 g/mol. The number of hydrogen-bond donors (Lipinski definition) is 1. The quantitative estimate of drug-likeness (QED) is 0.445. The number of aryl methyl sites for hydroxylation is 1. The van der Waals surface area contributed by atoms with Crippen molar-refractivity contribution in [3.63, 3.8) is 0 Å². The van der Waals surface area contributed by atoms with Crippen LogP contribution in [-0.2, 0) is 0 Å². The van der Waals surface area contributed by atoms with Gasteiger partial charge in [0.05, 0.1) is 21.9 Å². The number of aromatic amines is 1. The smallest absolute Gasteiger partial charge is 0.209 e. The number of rotatable bonds is 2. The number of hydrogen-bond acceptors (Lipinski definition) is 4. The van der Waals surface area contributed by atoms with Crippen molar-refractivity contribution in [1.29, 1.82) is 0 Å². The van der Waals surface area contributed by atoms with Crippen LogP contribution in [0, 0.1) is 6.92 Å². The molecule has 3 heterocycles. The van der Waals surface area contributed by atoms with Crippen LogP contribution >= 0.6 is 11.6 Å². The Kier molecular flexibility index (Phi) is 4.11. The van der Waals surface area contributed by atoms with Crippen molar-refractivity contribution in [2.45, 2.75) is 6.92 Å². The molecule has 0 aliphatic heterocycles. The molecule has 6 heteroatoms. The van der Waals surface area contributed by atoms with E-state index in [4.69, 9.17) is 21.6 Å². The van der Waals surface area contributed by atoms with E-state index in [2.05, 4.69) is 9.97 Å². The zero-order chi connectivity index (χ0) is 20.0. The van der Waals surface area contributed by atoms with Crippen LogP contribution in [0.25, 0.3) is 44.6 Å². The van der Waals surface area contributed by atoms with Gasteiger partial charge in [0.1, 0.15) is 0 Å². The van der Waals surface area contributed by atoms with Crippen molar-refractivity contribution in [1.82, 2.24) is 19.9 Å². The largest absolute Gasteiger partial charge is 0.345 e. The first kappa shape index (κ1) is 17.5. The monoisotopic (exact) mass is 398 g/mol. The number of pyridine rings is 2. The van der Waals surface area contributed by atoms with Gasteiger partial charge < -0.3 is 4.98 Å². The van der Waals surface area contributed by atoms with Gasteiger partial charge in [0.25, 0.3) is 0 Å². The Balaban J connectivity index is 1.92. The molecule has 5 nitrogen and oxygen atoms in total. The van der Waals surface area contributed by atoms with Crippen LogP contribution in [0.1, 0.15) is 5.56 Å². The van der Waals surface area contributed by atoms with Crippen molar-refractivity contribution < 1.29 is 0 Å². The number of fused-ring (bicyclic) bond motifs is 2. The van der Waals surface area contributed by atoms with Crippen LogP contribution in [0.2, 0.25) is 5.02 Å². The summed E-state index contributed by atoms with van der Waals surface area (Å²) in [6, 6.07) is 17.0. The van der Waals surface area contributed by atoms with Gasteiger partial charge in [-0.05, 0) is 24.6 Å². The molecule has 0 spiro atoms. The van der Waals surface area contributed by atoms with Crippen LogP contribution in [0.5, 0.6) is 0 Å². The lowest BCUT2D eigenvalue weighted by Gasteiger charge is -2.14. The van der Waals surface area contributed by atoms with Gasteiger partial charge in [-0.2, -0.15) is 0 Å². The van der Waals surface area contributed by atoms with E-state index in [0.717, 1.165) is 27.6 Å². The summed E-state index contributed by atoms with van der Waals surface area (Å²) < 4.78 is 0. The molecule has 0 bridgehead atoms. The zero-order valence-electron chi connectivity index (χ0n) is 15.5. The highest BCUT2D eigenvalue weighted by atomic mass is 35.5. The molecule has 0 saturated heterocycles. The Bertz CT molecular complexity index is 1440. The SMILES string of the molecule is Cc1c(-c2nc3c(=O)cc[nH]c3nc2-c2ccccc2)cc(Cl)c2ncccc12. The summed E-state index contributed by atoms with van der Waals surface area (Å²) in [5.41, 5.74) is 5.32.